The van der Waals surface area contributed by atoms with Crippen LogP contribution >= 0.6 is 11.6 Å². The molecule has 0 fully saturated rings. The van der Waals surface area contributed by atoms with Crippen molar-refractivity contribution < 1.29 is 9.53 Å². The van der Waals surface area contributed by atoms with E-state index in [-0.39, 0.29) is 17.9 Å². The molecule has 5 heteroatoms. The van der Waals surface area contributed by atoms with Gasteiger partial charge in [0, 0.05) is 24.2 Å². The normalized spacial score (nSPS) is 14.0. The highest BCUT2D eigenvalue weighted by Crippen LogP contribution is 2.29. The van der Waals surface area contributed by atoms with Gasteiger partial charge in [-0.05, 0) is 36.2 Å². The molecular formula is C16H21ClN2O2. The Bertz CT molecular complexity index is 582. The second kappa shape index (κ2) is 6.08. The summed E-state index contributed by atoms with van der Waals surface area (Å²) in [6, 6.07) is 5.39. The van der Waals surface area contributed by atoms with E-state index >= 15 is 0 Å². The average molecular weight is 309 g/mol. The molecular weight excluding hydrogens is 288 g/mol. The lowest BCUT2D eigenvalue weighted by atomic mass is 9.93. The van der Waals surface area contributed by atoms with Crippen molar-refractivity contribution in [2.45, 2.75) is 13.8 Å². The number of nitrogens with zero attached hydrogens (tertiary/aromatic N) is 1. The monoisotopic (exact) mass is 308 g/mol. The smallest absolute Gasteiger partial charge is 0.253 e. The number of ether oxygens (including phenoxy) is 1. The Morgan fingerprint density at radius 2 is 2.19 bits per heavy atom. The molecule has 0 aliphatic carbocycles. The van der Waals surface area contributed by atoms with Crippen LogP contribution in [0.15, 0.2) is 23.8 Å². The van der Waals surface area contributed by atoms with Crippen LogP contribution in [0.2, 0.25) is 5.02 Å². The zero-order valence-corrected chi connectivity index (χ0v) is 13.4. The number of halogens is 1. The molecule has 2 rings (SSSR count). The Morgan fingerprint density at radius 3 is 2.86 bits per heavy atom. The van der Waals surface area contributed by atoms with E-state index < -0.39 is 0 Å². The van der Waals surface area contributed by atoms with E-state index in [1.165, 1.54) is 0 Å². The van der Waals surface area contributed by atoms with E-state index in [0.29, 0.717) is 23.7 Å². The van der Waals surface area contributed by atoms with Gasteiger partial charge in [0.2, 0.25) is 0 Å². The first-order valence-electron chi connectivity index (χ1n) is 6.91. The van der Waals surface area contributed by atoms with Gasteiger partial charge in [-0.3, -0.25) is 4.79 Å². The van der Waals surface area contributed by atoms with Crippen LogP contribution < -0.4 is 10.5 Å². The SMILES string of the molecule is CN(CC(C)(C)CN)C(=O)C1=Cc2cc(Cl)ccc2OC1. The van der Waals surface area contributed by atoms with Gasteiger partial charge in [0.25, 0.3) is 5.91 Å². The third-order valence-corrected chi connectivity index (χ3v) is 3.76. The predicted octanol–water partition coefficient (Wildman–Crippen LogP) is 2.56. The molecule has 1 aliphatic rings. The molecule has 4 nitrogen and oxygen atoms in total. The third kappa shape index (κ3) is 3.77. The van der Waals surface area contributed by atoms with Gasteiger partial charge in [-0.1, -0.05) is 25.4 Å². The molecule has 1 aromatic rings. The highest BCUT2D eigenvalue weighted by atomic mass is 35.5. The number of rotatable bonds is 4. The fraction of sp³-hybridized carbons (Fsp3) is 0.438. The van der Waals surface area contributed by atoms with Crippen LogP contribution in [0.3, 0.4) is 0 Å². The summed E-state index contributed by atoms with van der Waals surface area (Å²) >= 11 is 5.98. The lowest BCUT2D eigenvalue weighted by molar-refractivity contribution is -0.127. The number of likely N-dealkylation sites (N-methyl/N-ethyl adjacent to an activating group) is 1. The van der Waals surface area contributed by atoms with Crippen LogP contribution in [-0.2, 0) is 4.79 Å². The Labute approximate surface area is 130 Å². The first-order valence-corrected chi connectivity index (χ1v) is 7.29. The van der Waals surface area contributed by atoms with Crippen molar-refractivity contribution in [2.24, 2.45) is 11.1 Å². The standard InChI is InChI=1S/C16H21ClN2O2/c1-16(2,9-18)10-19(3)15(20)12-6-11-7-13(17)4-5-14(11)21-8-12/h4-7H,8-10,18H2,1-3H3. The summed E-state index contributed by atoms with van der Waals surface area (Å²) < 4.78 is 5.62. The van der Waals surface area contributed by atoms with Crippen LogP contribution in [0.4, 0.5) is 0 Å². The maximum atomic E-state index is 12.5. The van der Waals surface area contributed by atoms with E-state index in [4.69, 9.17) is 22.1 Å². The predicted molar refractivity (Wildman–Crippen MR) is 85.4 cm³/mol. The van der Waals surface area contributed by atoms with Gasteiger partial charge in [0.05, 0.1) is 5.57 Å². The van der Waals surface area contributed by atoms with Crippen LogP contribution in [0.25, 0.3) is 6.08 Å². The summed E-state index contributed by atoms with van der Waals surface area (Å²) in [4.78, 5) is 14.2. The van der Waals surface area contributed by atoms with Crippen molar-refractivity contribution in [3.8, 4) is 5.75 Å². The van der Waals surface area contributed by atoms with Gasteiger partial charge in [-0.25, -0.2) is 0 Å². The minimum atomic E-state index is -0.109. The van der Waals surface area contributed by atoms with E-state index in [2.05, 4.69) is 0 Å². The van der Waals surface area contributed by atoms with Crippen LogP contribution in [0, 0.1) is 5.41 Å². The average Bonchev–Trinajstić information content (AvgIpc) is 2.45. The van der Waals surface area contributed by atoms with Gasteiger partial charge < -0.3 is 15.4 Å². The van der Waals surface area contributed by atoms with E-state index in [9.17, 15) is 4.79 Å². The Hall–Kier alpha value is -1.52. The minimum Gasteiger partial charge on any atom is -0.488 e. The summed E-state index contributed by atoms with van der Waals surface area (Å²) in [6.45, 7) is 5.48. The summed E-state index contributed by atoms with van der Waals surface area (Å²) in [5.74, 6) is 0.711. The first kappa shape index (κ1) is 15.9. The van der Waals surface area contributed by atoms with Gasteiger partial charge >= 0.3 is 0 Å². The molecule has 0 unspecified atom stereocenters. The Kier molecular flexibility index (Phi) is 4.59. The van der Waals surface area contributed by atoms with Crippen molar-refractivity contribution in [1.82, 2.24) is 4.90 Å². The molecule has 1 aromatic carbocycles. The fourth-order valence-electron chi connectivity index (χ4n) is 2.30. The maximum Gasteiger partial charge on any atom is 0.253 e. The van der Waals surface area contributed by atoms with Gasteiger partial charge in [0.15, 0.2) is 0 Å². The zero-order valence-electron chi connectivity index (χ0n) is 12.6. The number of hydrogen-bond donors (Lipinski definition) is 1. The lowest BCUT2D eigenvalue weighted by Crippen LogP contribution is -2.41. The quantitative estimate of drug-likeness (QED) is 0.930. The van der Waals surface area contributed by atoms with E-state index in [0.717, 1.165) is 11.3 Å². The van der Waals surface area contributed by atoms with Crippen molar-refractivity contribution in [1.29, 1.82) is 0 Å². The molecule has 21 heavy (non-hydrogen) atoms. The van der Waals surface area contributed by atoms with Crippen molar-refractivity contribution >= 4 is 23.6 Å². The molecule has 0 radical (unpaired) electrons. The Morgan fingerprint density at radius 1 is 1.48 bits per heavy atom. The summed E-state index contributed by atoms with van der Waals surface area (Å²) in [5, 5.41) is 0.625. The van der Waals surface area contributed by atoms with Crippen LogP contribution in [-0.4, -0.2) is 37.6 Å². The van der Waals surface area contributed by atoms with E-state index in [1.807, 2.05) is 26.0 Å². The molecule has 1 aliphatic heterocycles. The maximum absolute atomic E-state index is 12.5. The number of nitrogens with two attached hydrogens (primary N) is 1. The topological polar surface area (TPSA) is 55.6 Å². The number of fused-ring (bicyclic) bond motifs is 1. The zero-order chi connectivity index (χ0) is 15.6. The first-order chi connectivity index (χ1) is 9.82. The molecule has 0 spiro atoms. The molecule has 0 saturated heterocycles. The Balaban J connectivity index is 2.17. The molecule has 0 bridgehead atoms. The molecule has 0 atom stereocenters. The molecule has 0 saturated carbocycles. The van der Waals surface area contributed by atoms with Crippen LogP contribution in [0.5, 0.6) is 5.75 Å². The molecule has 1 heterocycles. The van der Waals surface area contributed by atoms with Crippen molar-refractivity contribution in [3.05, 3.63) is 34.4 Å². The lowest BCUT2D eigenvalue weighted by Gasteiger charge is -2.30. The molecule has 114 valence electrons. The molecule has 0 aromatic heterocycles. The second-order valence-electron chi connectivity index (χ2n) is 6.17. The minimum absolute atomic E-state index is 0.0397. The number of amides is 1. The highest BCUT2D eigenvalue weighted by molar-refractivity contribution is 6.30. The third-order valence-electron chi connectivity index (χ3n) is 3.52. The summed E-state index contributed by atoms with van der Waals surface area (Å²) in [6.07, 6.45) is 1.85. The largest absolute Gasteiger partial charge is 0.488 e. The number of carbonyl (C=O) groups is 1. The highest BCUT2D eigenvalue weighted by Gasteiger charge is 2.25. The van der Waals surface area contributed by atoms with Crippen LogP contribution in [0.1, 0.15) is 19.4 Å². The summed E-state index contributed by atoms with van der Waals surface area (Å²) in [5.41, 5.74) is 7.07. The molecule has 2 N–H and O–H groups in total. The number of carbonyl (C=O) groups excluding carboxylic acids is 1. The van der Waals surface area contributed by atoms with E-state index in [1.54, 1.807) is 24.1 Å². The van der Waals surface area contributed by atoms with Crippen molar-refractivity contribution in [3.63, 3.8) is 0 Å². The van der Waals surface area contributed by atoms with Gasteiger partial charge in [0.1, 0.15) is 12.4 Å². The molecule has 1 amide bonds. The van der Waals surface area contributed by atoms with Crippen molar-refractivity contribution in [2.75, 3.05) is 26.7 Å². The fourth-order valence-corrected chi connectivity index (χ4v) is 2.48. The summed E-state index contributed by atoms with van der Waals surface area (Å²) in [7, 11) is 1.79. The number of hydrogen-bond acceptors (Lipinski definition) is 3. The van der Waals surface area contributed by atoms with Gasteiger partial charge in [-0.2, -0.15) is 0 Å². The second-order valence-corrected chi connectivity index (χ2v) is 6.61. The number of benzene rings is 1. The van der Waals surface area contributed by atoms with Gasteiger partial charge in [-0.15, -0.1) is 0 Å².